The maximum atomic E-state index is 12.1. The smallest absolute Gasteiger partial charge is 0.282 e. The zero-order valence-corrected chi connectivity index (χ0v) is 12.6. The van der Waals surface area contributed by atoms with Crippen molar-refractivity contribution in [1.82, 2.24) is 15.2 Å². The molecule has 9 heteroatoms. The highest BCUT2D eigenvalue weighted by Gasteiger charge is 2.23. The molecule has 2 heterocycles. The minimum Gasteiger partial charge on any atom is -0.354 e. The van der Waals surface area contributed by atoms with Gasteiger partial charge in [0.15, 0.2) is 11.5 Å². The SMILES string of the molecule is COC(CN=C1NN(C)c2cnn(C)c(=O)c2S1)OC. The second kappa shape index (κ2) is 6.25. The van der Waals surface area contributed by atoms with Crippen molar-refractivity contribution in [3.8, 4) is 0 Å². The molecule has 0 unspecified atom stereocenters. The van der Waals surface area contributed by atoms with Crippen LogP contribution >= 0.6 is 11.8 Å². The van der Waals surface area contributed by atoms with Crippen molar-refractivity contribution in [2.24, 2.45) is 12.0 Å². The molecule has 0 saturated carbocycles. The Morgan fingerprint density at radius 3 is 2.80 bits per heavy atom. The lowest BCUT2D eigenvalue weighted by Crippen LogP contribution is -2.43. The van der Waals surface area contributed by atoms with Gasteiger partial charge in [-0.25, -0.2) is 4.68 Å². The number of hydrogen-bond donors (Lipinski definition) is 1. The van der Waals surface area contributed by atoms with E-state index in [0.29, 0.717) is 16.6 Å². The third kappa shape index (κ3) is 2.94. The van der Waals surface area contributed by atoms with E-state index >= 15 is 0 Å². The van der Waals surface area contributed by atoms with Crippen molar-refractivity contribution < 1.29 is 9.47 Å². The van der Waals surface area contributed by atoms with Gasteiger partial charge in [0.2, 0.25) is 0 Å². The van der Waals surface area contributed by atoms with Gasteiger partial charge in [-0.3, -0.25) is 20.2 Å². The zero-order valence-electron chi connectivity index (χ0n) is 11.8. The highest BCUT2D eigenvalue weighted by molar-refractivity contribution is 8.14. The topological polar surface area (TPSA) is 81.0 Å². The Morgan fingerprint density at radius 2 is 2.15 bits per heavy atom. The van der Waals surface area contributed by atoms with Crippen LogP contribution in [-0.2, 0) is 16.5 Å². The summed E-state index contributed by atoms with van der Waals surface area (Å²) in [6, 6.07) is 0. The highest BCUT2D eigenvalue weighted by Crippen LogP contribution is 2.29. The van der Waals surface area contributed by atoms with E-state index in [-0.39, 0.29) is 5.56 Å². The molecule has 1 aromatic heterocycles. The van der Waals surface area contributed by atoms with Crippen molar-refractivity contribution >= 4 is 22.6 Å². The lowest BCUT2D eigenvalue weighted by molar-refractivity contribution is -0.0936. The summed E-state index contributed by atoms with van der Waals surface area (Å²) in [5, 5.41) is 6.33. The number of amidine groups is 1. The van der Waals surface area contributed by atoms with Crippen molar-refractivity contribution in [3.05, 3.63) is 16.6 Å². The van der Waals surface area contributed by atoms with E-state index < -0.39 is 6.29 Å². The minimum absolute atomic E-state index is 0.149. The molecule has 0 radical (unpaired) electrons. The number of aromatic nitrogens is 2. The van der Waals surface area contributed by atoms with Crippen LogP contribution in [0.5, 0.6) is 0 Å². The fraction of sp³-hybridized carbons (Fsp3) is 0.545. The molecule has 1 N–H and O–H groups in total. The lowest BCUT2D eigenvalue weighted by Gasteiger charge is -2.28. The first-order chi connectivity index (χ1) is 9.56. The molecule has 1 aromatic rings. The number of ether oxygens (including phenoxy) is 2. The van der Waals surface area contributed by atoms with Crippen molar-refractivity contribution in [3.63, 3.8) is 0 Å². The number of thioether (sulfide) groups is 1. The fourth-order valence-corrected chi connectivity index (χ4v) is 2.67. The summed E-state index contributed by atoms with van der Waals surface area (Å²) < 4.78 is 11.4. The van der Waals surface area contributed by atoms with Gasteiger partial charge in [-0.05, 0) is 11.8 Å². The molecule has 0 spiro atoms. The van der Waals surface area contributed by atoms with Gasteiger partial charge >= 0.3 is 0 Å². The van der Waals surface area contributed by atoms with E-state index in [1.807, 2.05) is 0 Å². The van der Waals surface area contributed by atoms with Crippen LogP contribution in [0.2, 0.25) is 0 Å². The van der Waals surface area contributed by atoms with Gasteiger partial charge in [0.05, 0.1) is 18.4 Å². The van der Waals surface area contributed by atoms with Gasteiger partial charge in [0.25, 0.3) is 5.56 Å². The van der Waals surface area contributed by atoms with Gasteiger partial charge in [-0.15, -0.1) is 0 Å². The van der Waals surface area contributed by atoms with Crippen LogP contribution in [0.4, 0.5) is 5.69 Å². The quantitative estimate of drug-likeness (QED) is 0.771. The second-order valence-electron chi connectivity index (χ2n) is 4.11. The first kappa shape index (κ1) is 14.8. The average Bonchev–Trinajstić information content (AvgIpc) is 2.44. The van der Waals surface area contributed by atoms with E-state index in [4.69, 9.17) is 9.47 Å². The van der Waals surface area contributed by atoms with Crippen LogP contribution in [0.1, 0.15) is 0 Å². The molecule has 1 aliphatic heterocycles. The Morgan fingerprint density at radius 1 is 1.45 bits per heavy atom. The Kier molecular flexibility index (Phi) is 4.63. The van der Waals surface area contributed by atoms with Crippen LogP contribution in [0.3, 0.4) is 0 Å². The molecule has 8 nitrogen and oxygen atoms in total. The summed E-state index contributed by atoms with van der Waals surface area (Å²) in [7, 11) is 6.53. The maximum Gasteiger partial charge on any atom is 0.282 e. The molecule has 0 atom stereocenters. The third-order valence-corrected chi connectivity index (χ3v) is 3.81. The largest absolute Gasteiger partial charge is 0.354 e. The number of rotatable bonds is 4. The lowest BCUT2D eigenvalue weighted by atomic mass is 10.4. The highest BCUT2D eigenvalue weighted by atomic mass is 32.2. The van der Waals surface area contributed by atoms with Crippen molar-refractivity contribution in [2.45, 2.75) is 11.2 Å². The number of nitrogens with zero attached hydrogens (tertiary/aromatic N) is 4. The summed E-state index contributed by atoms with van der Waals surface area (Å²) in [6.07, 6.45) is 1.23. The van der Waals surface area contributed by atoms with Gasteiger partial charge < -0.3 is 9.47 Å². The molecule has 0 aliphatic carbocycles. The zero-order chi connectivity index (χ0) is 14.7. The van der Waals surface area contributed by atoms with Crippen LogP contribution < -0.4 is 16.0 Å². The van der Waals surface area contributed by atoms with E-state index in [9.17, 15) is 4.79 Å². The molecule has 20 heavy (non-hydrogen) atoms. The number of methoxy groups -OCH3 is 2. The molecule has 0 fully saturated rings. The fourth-order valence-electron chi connectivity index (χ4n) is 1.64. The Balaban J connectivity index is 2.24. The Labute approximate surface area is 120 Å². The predicted octanol–water partition coefficient (Wildman–Crippen LogP) is -0.198. The standard InChI is InChI=1S/C11H17N5O3S/c1-15-7-5-13-16(2)10(17)9(7)20-11(14-15)12-6-8(18-3)19-4/h5,8H,6H2,1-4H3,(H,12,14). The summed E-state index contributed by atoms with van der Waals surface area (Å²) in [6.45, 7) is 0.344. The second-order valence-corrected chi connectivity index (χ2v) is 5.11. The molecular weight excluding hydrogens is 282 g/mol. The van der Waals surface area contributed by atoms with Gasteiger partial charge in [0.1, 0.15) is 4.90 Å². The van der Waals surface area contributed by atoms with E-state index in [0.717, 1.165) is 5.69 Å². The van der Waals surface area contributed by atoms with Crippen LogP contribution in [0.15, 0.2) is 20.9 Å². The number of aliphatic imine (C=N–C) groups is 1. The first-order valence-corrected chi connectivity index (χ1v) is 6.73. The number of hydrogen-bond acceptors (Lipinski definition) is 7. The van der Waals surface area contributed by atoms with Crippen LogP contribution in [0.25, 0.3) is 0 Å². The molecule has 0 bridgehead atoms. The summed E-state index contributed by atoms with van der Waals surface area (Å²) in [5.74, 6) is 0. The Bertz CT molecular complexity index is 570. The van der Waals surface area contributed by atoms with Crippen LogP contribution in [0, 0.1) is 0 Å². The van der Waals surface area contributed by atoms with Gasteiger partial charge in [-0.2, -0.15) is 5.10 Å². The van der Waals surface area contributed by atoms with E-state index in [2.05, 4.69) is 15.5 Å². The average molecular weight is 299 g/mol. The van der Waals surface area contributed by atoms with Gasteiger partial charge in [-0.1, -0.05) is 0 Å². The normalized spacial score (nSPS) is 16.4. The Hall–Kier alpha value is -1.58. The summed E-state index contributed by atoms with van der Waals surface area (Å²) >= 11 is 1.28. The van der Waals surface area contributed by atoms with Crippen LogP contribution in [-0.4, -0.2) is 49.1 Å². The monoisotopic (exact) mass is 299 g/mol. The minimum atomic E-state index is -0.406. The molecular formula is C11H17N5O3S. The van der Waals surface area contributed by atoms with Gasteiger partial charge in [0, 0.05) is 28.3 Å². The summed E-state index contributed by atoms with van der Waals surface area (Å²) in [5.41, 5.74) is 3.65. The number of anilines is 1. The number of hydrazine groups is 1. The molecule has 0 saturated heterocycles. The molecule has 1 aliphatic rings. The first-order valence-electron chi connectivity index (χ1n) is 5.91. The molecule has 2 rings (SSSR count). The summed E-state index contributed by atoms with van der Waals surface area (Å²) in [4.78, 5) is 17.0. The number of aryl methyl sites for hydroxylation is 1. The molecule has 0 aromatic carbocycles. The van der Waals surface area contributed by atoms with E-state index in [1.54, 1.807) is 39.5 Å². The molecule has 110 valence electrons. The maximum absolute atomic E-state index is 12.1. The number of fused-ring (bicyclic) bond motifs is 1. The van der Waals surface area contributed by atoms with E-state index in [1.165, 1.54) is 16.4 Å². The third-order valence-electron chi connectivity index (χ3n) is 2.81. The van der Waals surface area contributed by atoms with Crippen molar-refractivity contribution in [2.75, 3.05) is 32.8 Å². The predicted molar refractivity (Wildman–Crippen MR) is 77.0 cm³/mol. The molecule has 0 amide bonds. The van der Waals surface area contributed by atoms with Crippen molar-refractivity contribution in [1.29, 1.82) is 0 Å². The number of nitrogens with one attached hydrogen (secondary N) is 1.